The fourth-order valence-electron chi connectivity index (χ4n) is 2.58. The maximum atomic E-state index is 13.9. The number of halogens is 1. The lowest BCUT2D eigenvalue weighted by Crippen LogP contribution is -2.47. The molecular formula is C19H23FN2O3S2. The quantitative estimate of drug-likeness (QED) is 0.690. The fourth-order valence-corrected chi connectivity index (χ4v) is 4.36. The molecule has 0 spiro atoms. The summed E-state index contributed by atoms with van der Waals surface area (Å²) in [5, 5.41) is 0. The van der Waals surface area contributed by atoms with Crippen molar-refractivity contribution in [3.05, 3.63) is 66.0 Å². The Morgan fingerprint density at radius 3 is 2.41 bits per heavy atom. The number of nitrogens with one attached hydrogen (secondary N) is 1. The number of sulfonamides is 1. The van der Waals surface area contributed by atoms with Crippen LogP contribution in [0, 0.1) is 5.82 Å². The summed E-state index contributed by atoms with van der Waals surface area (Å²) in [5.74, 6) is -0.610. The van der Waals surface area contributed by atoms with Gasteiger partial charge in [-0.1, -0.05) is 42.5 Å². The average Bonchev–Trinajstić information content (AvgIpc) is 2.65. The largest absolute Gasteiger partial charge is 0.340 e. The monoisotopic (exact) mass is 410 g/mol. The van der Waals surface area contributed by atoms with Gasteiger partial charge in [-0.05, 0) is 36.1 Å². The lowest BCUT2D eigenvalue weighted by atomic mass is 10.2. The lowest BCUT2D eigenvalue weighted by Gasteiger charge is -2.24. The van der Waals surface area contributed by atoms with Crippen molar-refractivity contribution < 1.29 is 17.6 Å². The van der Waals surface area contributed by atoms with E-state index < -0.39 is 26.8 Å². The maximum absolute atomic E-state index is 13.9. The molecule has 1 N–H and O–H groups in total. The average molecular weight is 411 g/mol. The molecule has 1 amide bonds. The van der Waals surface area contributed by atoms with Crippen LogP contribution in [-0.2, 0) is 21.4 Å². The molecule has 0 bridgehead atoms. The summed E-state index contributed by atoms with van der Waals surface area (Å²) in [6, 6.07) is 13.6. The summed E-state index contributed by atoms with van der Waals surface area (Å²) in [6.07, 6.45) is 2.19. The van der Waals surface area contributed by atoms with Crippen molar-refractivity contribution in [3.8, 4) is 0 Å². The molecule has 2 rings (SSSR count). The number of amides is 1. The number of hydrogen-bond donors (Lipinski definition) is 1. The molecule has 0 heterocycles. The zero-order valence-corrected chi connectivity index (χ0v) is 16.9. The summed E-state index contributed by atoms with van der Waals surface area (Å²) >= 11 is 1.51. The van der Waals surface area contributed by atoms with Gasteiger partial charge < -0.3 is 4.90 Å². The standard InChI is InChI=1S/C19H23FN2O3S2/c1-22(14-15-8-4-3-5-9-15)19(23)17(12-13-26-2)21-27(24,25)18-11-7-6-10-16(18)20/h3-11,17,21H,12-14H2,1-2H3. The van der Waals surface area contributed by atoms with E-state index in [1.54, 1.807) is 7.05 Å². The second-order valence-corrected chi connectivity index (χ2v) is 8.73. The van der Waals surface area contributed by atoms with Gasteiger partial charge in [0, 0.05) is 13.6 Å². The van der Waals surface area contributed by atoms with E-state index in [1.807, 2.05) is 36.6 Å². The molecule has 1 atom stereocenters. The molecule has 2 aromatic carbocycles. The normalized spacial score (nSPS) is 12.6. The van der Waals surface area contributed by atoms with E-state index in [1.165, 1.54) is 34.9 Å². The molecule has 0 saturated carbocycles. The van der Waals surface area contributed by atoms with Crippen molar-refractivity contribution in [2.24, 2.45) is 0 Å². The number of nitrogens with zero attached hydrogens (tertiary/aromatic N) is 1. The Balaban J connectivity index is 2.18. The number of carbonyl (C=O) groups is 1. The Morgan fingerprint density at radius 1 is 1.15 bits per heavy atom. The van der Waals surface area contributed by atoms with Gasteiger partial charge in [-0.2, -0.15) is 16.5 Å². The third-order valence-corrected chi connectivity index (χ3v) is 6.12. The minimum atomic E-state index is -4.15. The second-order valence-electron chi connectivity index (χ2n) is 6.07. The molecule has 2 aromatic rings. The van der Waals surface area contributed by atoms with Crippen molar-refractivity contribution in [2.75, 3.05) is 19.1 Å². The predicted molar refractivity (Wildman–Crippen MR) is 106 cm³/mol. The fraction of sp³-hybridized carbons (Fsp3) is 0.316. The van der Waals surface area contributed by atoms with E-state index >= 15 is 0 Å². The van der Waals surface area contributed by atoms with E-state index in [9.17, 15) is 17.6 Å². The molecule has 0 aliphatic rings. The van der Waals surface area contributed by atoms with Crippen LogP contribution in [0.3, 0.4) is 0 Å². The van der Waals surface area contributed by atoms with E-state index in [4.69, 9.17) is 0 Å². The first-order valence-corrected chi connectivity index (χ1v) is 11.3. The van der Waals surface area contributed by atoms with Crippen LogP contribution >= 0.6 is 11.8 Å². The van der Waals surface area contributed by atoms with Gasteiger partial charge in [0.1, 0.15) is 16.8 Å². The Hall–Kier alpha value is -1.90. The molecule has 0 aromatic heterocycles. The summed E-state index contributed by atoms with van der Waals surface area (Å²) in [7, 11) is -2.53. The minimum absolute atomic E-state index is 0.312. The van der Waals surface area contributed by atoms with Gasteiger partial charge in [0.2, 0.25) is 15.9 Å². The van der Waals surface area contributed by atoms with Crippen LogP contribution in [0.4, 0.5) is 4.39 Å². The number of hydrogen-bond acceptors (Lipinski definition) is 4. The van der Waals surface area contributed by atoms with Crippen molar-refractivity contribution >= 4 is 27.7 Å². The van der Waals surface area contributed by atoms with Crippen LogP contribution in [0.5, 0.6) is 0 Å². The molecular weight excluding hydrogens is 387 g/mol. The molecule has 0 aliphatic carbocycles. The maximum Gasteiger partial charge on any atom is 0.244 e. The summed E-state index contributed by atoms with van der Waals surface area (Å²) < 4.78 is 41.5. The van der Waals surface area contributed by atoms with Crippen LogP contribution in [0.25, 0.3) is 0 Å². The topological polar surface area (TPSA) is 66.5 Å². The van der Waals surface area contributed by atoms with Gasteiger partial charge in [0.15, 0.2) is 0 Å². The molecule has 0 radical (unpaired) electrons. The molecule has 0 fully saturated rings. The zero-order chi connectivity index (χ0) is 19.9. The van der Waals surface area contributed by atoms with Crippen molar-refractivity contribution in [3.63, 3.8) is 0 Å². The summed E-state index contributed by atoms with van der Waals surface area (Å²) in [5.41, 5.74) is 0.939. The Morgan fingerprint density at radius 2 is 1.78 bits per heavy atom. The van der Waals surface area contributed by atoms with Crippen molar-refractivity contribution in [1.29, 1.82) is 0 Å². The van der Waals surface area contributed by atoms with Crippen LogP contribution in [0.2, 0.25) is 0 Å². The summed E-state index contributed by atoms with van der Waals surface area (Å²) in [6.45, 7) is 0.358. The van der Waals surface area contributed by atoms with Crippen molar-refractivity contribution in [2.45, 2.75) is 23.9 Å². The predicted octanol–water partition coefficient (Wildman–Crippen LogP) is 2.88. The number of likely N-dealkylation sites (N-methyl/N-ethyl adjacent to an activating group) is 1. The lowest BCUT2D eigenvalue weighted by molar-refractivity contribution is -0.132. The molecule has 1 unspecified atom stereocenters. The first kappa shape index (κ1) is 21.4. The SMILES string of the molecule is CSCCC(NS(=O)(=O)c1ccccc1F)C(=O)N(C)Cc1ccccc1. The summed E-state index contributed by atoms with van der Waals surface area (Å²) in [4.78, 5) is 13.9. The van der Waals surface area contributed by atoms with Gasteiger partial charge in [0.05, 0.1) is 0 Å². The zero-order valence-electron chi connectivity index (χ0n) is 15.3. The van der Waals surface area contributed by atoms with Crippen LogP contribution in [0.1, 0.15) is 12.0 Å². The van der Waals surface area contributed by atoms with Gasteiger partial charge in [-0.25, -0.2) is 12.8 Å². The highest BCUT2D eigenvalue weighted by atomic mass is 32.2. The molecule has 0 aliphatic heterocycles. The van der Waals surface area contributed by atoms with E-state index in [0.29, 0.717) is 18.7 Å². The van der Waals surface area contributed by atoms with Crippen LogP contribution in [0.15, 0.2) is 59.5 Å². The molecule has 146 valence electrons. The first-order chi connectivity index (χ1) is 12.8. The molecule has 0 saturated heterocycles. The van der Waals surface area contributed by atoms with Crippen molar-refractivity contribution in [1.82, 2.24) is 9.62 Å². The van der Waals surface area contributed by atoms with Gasteiger partial charge in [0.25, 0.3) is 0 Å². The van der Waals surface area contributed by atoms with Gasteiger partial charge >= 0.3 is 0 Å². The van der Waals surface area contributed by atoms with E-state index in [2.05, 4.69) is 4.72 Å². The molecule has 27 heavy (non-hydrogen) atoms. The van der Waals surface area contributed by atoms with Crippen LogP contribution < -0.4 is 4.72 Å². The number of thioether (sulfide) groups is 1. The Bertz CT molecular complexity index is 860. The highest BCUT2D eigenvalue weighted by molar-refractivity contribution is 7.98. The van der Waals surface area contributed by atoms with Gasteiger partial charge in [-0.3, -0.25) is 4.79 Å². The highest BCUT2D eigenvalue weighted by Crippen LogP contribution is 2.16. The Kier molecular flexibility index (Phi) is 7.82. The third kappa shape index (κ3) is 6.05. The number of carbonyl (C=O) groups excluding carboxylic acids is 1. The Labute approximate surface area is 164 Å². The number of benzene rings is 2. The van der Waals surface area contributed by atoms with Gasteiger partial charge in [-0.15, -0.1) is 0 Å². The van der Waals surface area contributed by atoms with E-state index in [-0.39, 0.29) is 5.91 Å². The molecule has 5 nitrogen and oxygen atoms in total. The third-order valence-electron chi connectivity index (χ3n) is 3.97. The smallest absolute Gasteiger partial charge is 0.244 e. The highest BCUT2D eigenvalue weighted by Gasteiger charge is 2.29. The first-order valence-electron chi connectivity index (χ1n) is 8.40. The van der Waals surface area contributed by atoms with Crippen LogP contribution in [-0.4, -0.2) is 44.3 Å². The van der Waals surface area contributed by atoms with E-state index in [0.717, 1.165) is 11.6 Å². The number of rotatable bonds is 9. The second kappa shape index (κ2) is 9.87. The minimum Gasteiger partial charge on any atom is -0.340 e. The molecule has 8 heteroatoms.